The van der Waals surface area contributed by atoms with E-state index in [1.165, 1.54) is 11.8 Å². The zero-order valence-electron chi connectivity index (χ0n) is 14.6. The average molecular weight is 433 g/mol. The first-order valence-corrected chi connectivity index (χ1v) is 9.41. The molecule has 0 bridgehead atoms. The minimum absolute atomic E-state index is 0.122. The largest absolute Gasteiger partial charge is 0.448 e. The van der Waals surface area contributed by atoms with Crippen molar-refractivity contribution in [2.45, 2.75) is 32.4 Å². The van der Waals surface area contributed by atoms with Crippen LogP contribution >= 0.6 is 15.9 Å². The summed E-state index contributed by atoms with van der Waals surface area (Å²) < 4.78 is 7.65. The molecular formula is C18H17BrN4O4. The highest BCUT2D eigenvalue weighted by Gasteiger charge is 2.33. The molecule has 2 amide bonds. The SMILES string of the molecule is CC(OC(=O)c1c(Br)nc2n1CCC2)C(=O)N1CC(=O)Nc2ccccc21. The van der Waals surface area contributed by atoms with Crippen LogP contribution in [0, 0.1) is 0 Å². The molecule has 1 N–H and O–H groups in total. The predicted molar refractivity (Wildman–Crippen MR) is 101 cm³/mol. The van der Waals surface area contributed by atoms with Crippen molar-refractivity contribution in [3.8, 4) is 0 Å². The summed E-state index contributed by atoms with van der Waals surface area (Å²) in [6.45, 7) is 2.08. The number of amides is 2. The van der Waals surface area contributed by atoms with E-state index < -0.39 is 18.0 Å². The van der Waals surface area contributed by atoms with Gasteiger partial charge in [0.2, 0.25) is 5.91 Å². The first-order chi connectivity index (χ1) is 13.0. The molecule has 2 aromatic rings. The molecule has 0 spiro atoms. The zero-order valence-corrected chi connectivity index (χ0v) is 16.2. The van der Waals surface area contributed by atoms with Crippen LogP contribution in [0.4, 0.5) is 11.4 Å². The monoisotopic (exact) mass is 432 g/mol. The Hall–Kier alpha value is -2.68. The summed E-state index contributed by atoms with van der Waals surface area (Å²) in [5.41, 5.74) is 1.45. The quantitative estimate of drug-likeness (QED) is 0.749. The number of fused-ring (bicyclic) bond motifs is 2. The fraction of sp³-hybridized carbons (Fsp3) is 0.333. The van der Waals surface area contributed by atoms with Gasteiger partial charge < -0.3 is 14.6 Å². The number of aromatic nitrogens is 2. The number of rotatable bonds is 3. The van der Waals surface area contributed by atoms with Crippen LogP contribution in [0.5, 0.6) is 0 Å². The van der Waals surface area contributed by atoms with Crippen LogP contribution in [0.1, 0.15) is 29.7 Å². The summed E-state index contributed by atoms with van der Waals surface area (Å²) >= 11 is 3.30. The van der Waals surface area contributed by atoms with Gasteiger partial charge in [-0.2, -0.15) is 0 Å². The molecule has 1 unspecified atom stereocenters. The number of hydrogen-bond acceptors (Lipinski definition) is 5. The van der Waals surface area contributed by atoms with E-state index in [4.69, 9.17) is 4.74 Å². The lowest BCUT2D eigenvalue weighted by atomic mass is 10.1. The molecule has 0 radical (unpaired) electrons. The lowest BCUT2D eigenvalue weighted by Gasteiger charge is -2.30. The van der Waals surface area contributed by atoms with Gasteiger partial charge in [0.15, 0.2) is 11.8 Å². The number of esters is 1. The minimum atomic E-state index is -1.05. The third-order valence-electron chi connectivity index (χ3n) is 4.65. The van der Waals surface area contributed by atoms with Gasteiger partial charge in [-0.05, 0) is 41.4 Å². The fourth-order valence-corrected chi connectivity index (χ4v) is 3.99. The van der Waals surface area contributed by atoms with Gasteiger partial charge in [0, 0.05) is 13.0 Å². The third-order valence-corrected chi connectivity index (χ3v) is 5.20. The molecular weight excluding hydrogens is 416 g/mol. The standard InChI is InChI=1S/C18H17BrN4O4/c1-10(27-18(26)15-16(19)21-13-7-4-8-22(13)15)17(25)23-9-14(24)20-11-5-2-3-6-12(11)23/h2-3,5-6,10H,4,7-9H2,1H3,(H,20,24). The number of anilines is 2. The van der Waals surface area contributed by atoms with Crippen LogP contribution in [-0.4, -0.2) is 40.0 Å². The van der Waals surface area contributed by atoms with Crippen LogP contribution < -0.4 is 10.2 Å². The molecule has 9 heteroatoms. The lowest BCUT2D eigenvalue weighted by Crippen LogP contribution is -2.47. The van der Waals surface area contributed by atoms with E-state index in [9.17, 15) is 14.4 Å². The summed E-state index contributed by atoms with van der Waals surface area (Å²) in [5, 5.41) is 2.72. The number of benzene rings is 1. The van der Waals surface area contributed by atoms with E-state index in [-0.39, 0.29) is 12.5 Å². The summed E-state index contributed by atoms with van der Waals surface area (Å²) in [6.07, 6.45) is 0.681. The number of para-hydroxylation sites is 2. The van der Waals surface area contributed by atoms with E-state index in [1.807, 2.05) is 4.57 Å². The molecule has 3 heterocycles. The van der Waals surface area contributed by atoms with Gasteiger partial charge in [-0.3, -0.25) is 14.5 Å². The molecule has 140 valence electrons. The van der Waals surface area contributed by atoms with E-state index in [0.29, 0.717) is 28.2 Å². The Morgan fingerprint density at radius 3 is 2.93 bits per heavy atom. The highest BCUT2D eigenvalue weighted by atomic mass is 79.9. The second kappa shape index (κ2) is 6.80. The summed E-state index contributed by atoms with van der Waals surface area (Å²) in [4.78, 5) is 43.1. The number of ether oxygens (including phenoxy) is 1. The molecule has 0 saturated carbocycles. The van der Waals surface area contributed by atoms with Crippen LogP contribution in [0.2, 0.25) is 0 Å². The Kier molecular flexibility index (Phi) is 4.47. The number of carbonyl (C=O) groups is 3. The number of aryl methyl sites for hydroxylation is 1. The van der Waals surface area contributed by atoms with Gasteiger partial charge in [-0.25, -0.2) is 9.78 Å². The van der Waals surface area contributed by atoms with Crippen molar-refractivity contribution in [3.63, 3.8) is 0 Å². The molecule has 1 aromatic heterocycles. The molecule has 4 rings (SSSR count). The van der Waals surface area contributed by atoms with E-state index >= 15 is 0 Å². The molecule has 0 saturated heterocycles. The first-order valence-electron chi connectivity index (χ1n) is 8.62. The van der Waals surface area contributed by atoms with Gasteiger partial charge in [-0.15, -0.1) is 0 Å². The van der Waals surface area contributed by atoms with Gasteiger partial charge in [0.1, 0.15) is 17.0 Å². The summed E-state index contributed by atoms with van der Waals surface area (Å²) in [6, 6.07) is 7.01. The van der Waals surface area contributed by atoms with Gasteiger partial charge in [0.25, 0.3) is 5.91 Å². The molecule has 27 heavy (non-hydrogen) atoms. The van der Waals surface area contributed by atoms with Crippen LogP contribution in [0.3, 0.4) is 0 Å². The second-order valence-electron chi connectivity index (χ2n) is 6.46. The number of carbonyl (C=O) groups excluding carboxylic acids is 3. The first kappa shape index (κ1) is 17.7. The van der Waals surface area contributed by atoms with Crippen molar-refractivity contribution in [3.05, 3.63) is 40.4 Å². The van der Waals surface area contributed by atoms with Crippen molar-refractivity contribution in [1.29, 1.82) is 0 Å². The molecule has 1 atom stereocenters. The molecule has 2 aliphatic heterocycles. The maximum absolute atomic E-state index is 12.9. The highest BCUT2D eigenvalue weighted by Crippen LogP contribution is 2.30. The van der Waals surface area contributed by atoms with Crippen molar-refractivity contribution in [1.82, 2.24) is 9.55 Å². The van der Waals surface area contributed by atoms with E-state index in [2.05, 4.69) is 26.2 Å². The van der Waals surface area contributed by atoms with Crippen molar-refractivity contribution >= 4 is 45.1 Å². The van der Waals surface area contributed by atoms with Crippen molar-refractivity contribution in [2.24, 2.45) is 0 Å². The number of imidazole rings is 1. The smallest absolute Gasteiger partial charge is 0.358 e. The van der Waals surface area contributed by atoms with Gasteiger partial charge in [0.05, 0.1) is 11.4 Å². The third kappa shape index (κ3) is 3.12. The number of halogens is 1. The maximum atomic E-state index is 12.9. The van der Waals surface area contributed by atoms with Gasteiger partial charge >= 0.3 is 5.97 Å². The van der Waals surface area contributed by atoms with Crippen LogP contribution in [0.15, 0.2) is 28.9 Å². The molecule has 1 aromatic carbocycles. The normalized spacial score (nSPS) is 16.4. The second-order valence-corrected chi connectivity index (χ2v) is 7.21. The Morgan fingerprint density at radius 2 is 2.11 bits per heavy atom. The van der Waals surface area contributed by atoms with E-state index in [1.54, 1.807) is 24.3 Å². The highest BCUT2D eigenvalue weighted by molar-refractivity contribution is 9.10. The molecule has 0 aliphatic carbocycles. The number of nitrogens with zero attached hydrogens (tertiary/aromatic N) is 3. The zero-order chi connectivity index (χ0) is 19.1. The minimum Gasteiger partial charge on any atom is -0.448 e. The fourth-order valence-electron chi connectivity index (χ4n) is 3.40. The Balaban J connectivity index is 1.54. The molecule has 0 fully saturated rings. The van der Waals surface area contributed by atoms with Crippen LogP contribution in [0.25, 0.3) is 0 Å². The average Bonchev–Trinajstić information content (AvgIpc) is 3.19. The maximum Gasteiger partial charge on any atom is 0.358 e. The summed E-state index contributed by atoms with van der Waals surface area (Å²) in [5.74, 6) is -0.535. The van der Waals surface area contributed by atoms with Crippen molar-refractivity contribution in [2.75, 3.05) is 16.8 Å². The number of hydrogen-bond donors (Lipinski definition) is 1. The Bertz CT molecular complexity index is 955. The van der Waals surface area contributed by atoms with Gasteiger partial charge in [-0.1, -0.05) is 12.1 Å². The molecule has 2 aliphatic rings. The summed E-state index contributed by atoms with van der Waals surface area (Å²) in [7, 11) is 0. The lowest BCUT2D eigenvalue weighted by molar-refractivity contribution is -0.128. The van der Waals surface area contributed by atoms with E-state index in [0.717, 1.165) is 18.7 Å². The molecule has 8 nitrogen and oxygen atoms in total. The predicted octanol–water partition coefficient (Wildman–Crippen LogP) is 2.12. The Morgan fingerprint density at radius 1 is 1.33 bits per heavy atom. The van der Waals surface area contributed by atoms with Crippen LogP contribution in [-0.2, 0) is 27.3 Å². The number of nitrogens with one attached hydrogen (secondary N) is 1. The Labute approximate surface area is 163 Å². The van der Waals surface area contributed by atoms with Crippen molar-refractivity contribution < 1.29 is 19.1 Å². The topological polar surface area (TPSA) is 93.5 Å².